The summed E-state index contributed by atoms with van der Waals surface area (Å²) >= 11 is 0. The molecule has 1 amide bonds. The van der Waals surface area contributed by atoms with Crippen molar-refractivity contribution in [1.82, 2.24) is 4.98 Å². The molecular weight excluding hydrogens is 320 g/mol. The van der Waals surface area contributed by atoms with Crippen molar-refractivity contribution in [1.29, 1.82) is 0 Å². The molecule has 3 rings (SSSR count). The second-order valence-electron chi connectivity index (χ2n) is 5.56. The molecule has 0 aliphatic carbocycles. The number of anilines is 1. The summed E-state index contributed by atoms with van der Waals surface area (Å²) in [7, 11) is 0. The van der Waals surface area contributed by atoms with Crippen molar-refractivity contribution in [2.75, 3.05) is 5.32 Å². The number of pyridine rings is 1. The Bertz CT molecular complexity index is 1040. The van der Waals surface area contributed by atoms with E-state index in [0.29, 0.717) is 22.9 Å². The Morgan fingerprint density at radius 1 is 1.12 bits per heavy atom. The summed E-state index contributed by atoms with van der Waals surface area (Å²) in [4.78, 5) is 38.9. The molecule has 2 aromatic carbocycles. The number of carbonyl (C=O) groups is 2. The largest absolute Gasteiger partial charge is 0.506 e. The fourth-order valence-electron chi connectivity index (χ4n) is 2.60. The van der Waals surface area contributed by atoms with Gasteiger partial charge in [-0.25, -0.2) is 0 Å². The van der Waals surface area contributed by atoms with Crippen LogP contribution in [0.25, 0.3) is 10.9 Å². The lowest BCUT2D eigenvalue weighted by atomic mass is 10.1. The van der Waals surface area contributed by atoms with Gasteiger partial charge in [-0.1, -0.05) is 25.1 Å². The maximum Gasteiger partial charge on any atom is 0.256 e. The average molecular weight is 336 g/mol. The van der Waals surface area contributed by atoms with Crippen molar-refractivity contribution in [2.24, 2.45) is 0 Å². The number of phenols is 1. The Labute approximate surface area is 143 Å². The normalized spacial score (nSPS) is 10.6. The highest BCUT2D eigenvalue weighted by Crippen LogP contribution is 2.26. The SMILES string of the molecule is CCC(=O)c1ccc(O)c(NC(=O)c2cc(=O)[nH]c3ccccc23)c1. The summed E-state index contributed by atoms with van der Waals surface area (Å²) in [6, 6.07) is 12.4. The Balaban J connectivity index is 2.01. The number of nitrogens with one attached hydrogen (secondary N) is 2. The molecule has 1 aromatic heterocycles. The second-order valence-corrected chi connectivity index (χ2v) is 5.56. The number of aromatic nitrogens is 1. The molecule has 0 aliphatic heterocycles. The zero-order valence-electron chi connectivity index (χ0n) is 13.5. The summed E-state index contributed by atoms with van der Waals surface area (Å²) in [6.07, 6.45) is 0.316. The van der Waals surface area contributed by atoms with Gasteiger partial charge in [-0.3, -0.25) is 14.4 Å². The lowest BCUT2D eigenvalue weighted by Crippen LogP contribution is -2.17. The van der Waals surface area contributed by atoms with Crippen molar-refractivity contribution in [3.8, 4) is 5.75 Å². The zero-order valence-corrected chi connectivity index (χ0v) is 13.5. The van der Waals surface area contributed by atoms with E-state index in [9.17, 15) is 19.5 Å². The van der Waals surface area contributed by atoms with Gasteiger partial charge in [0, 0.05) is 29.0 Å². The van der Waals surface area contributed by atoms with Crippen molar-refractivity contribution < 1.29 is 14.7 Å². The Hall–Kier alpha value is -3.41. The number of ketones is 1. The summed E-state index contributed by atoms with van der Waals surface area (Å²) in [5.41, 5.74) is 0.841. The first-order chi connectivity index (χ1) is 12.0. The highest BCUT2D eigenvalue weighted by molar-refractivity contribution is 6.13. The van der Waals surface area contributed by atoms with Gasteiger partial charge in [0.25, 0.3) is 5.91 Å². The molecule has 3 N–H and O–H groups in total. The average Bonchev–Trinajstić information content (AvgIpc) is 2.62. The van der Waals surface area contributed by atoms with Gasteiger partial charge in [0.15, 0.2) is 5.78 Å². The molecule has 0 unspecified atom stereocenters. The fourth-order valence-corrected chi connectivity index (χ4v) is 2.60. The third-order valence-corrected chi connectivity index (χ3v) is 3.88. The molecule has 0 aliphatic rings. The smallest absolute Gasteiger partial charge is 0.256 e. The van der Waals surface area contributed by atoms with Crippen LogP contribution < -0.4 is 10.9 Å². The fraction of sp³-hybridized carbons (Fsp3) is 0.105. The number of hydrogen-bond donors (Lipinski definition) is 3. The number of para-hydroxylation sites is 1. The maximum absolute atomic E-state index is 12.6. The Morgan fingerprint density at radius 3 is 2.64 bits per heavy atom. The number of carbonyl (C=O) groups excluding carboxylic acids is 2. The molecule has 126 valence electrons. The van der Waals surface area contributed by atoms with E-state index in [2.05, 4.69) is 10.3 Å². The highest BCUT2D eigenvalue weighted by atomic mass is 16.3. The molecule has 0 radical (unpaired) electrons. The van der Waals surface area contributed by atoms with E-state index in [1.807, 2.05) is 0 Å². The molecule has 6 heteroatoms. The Kier molecular flexibility index (Phi) is 4.35. The first kappa shape index (κ1) is 16.4. The number of fused-ring (bicyclic) bond motifs is 1. The molecule has 1 heterocycles. The van der Waals surface area contributed by atoms with E-state index in [1.54, 1.807) is 31.2 Å². The molecule has 0 atom stereocenters. The zero-order chi connectivity index (χ0) is 18.0. The van der Waals surface area contributed by atoms with E-state index in [1.165, 1.54) is 24.3 Å². The van der Waals surface area contributed by atoms with Crippen molar-refractivity contribution in [3.05, 3.63) is 70.0 Å². The summed E-state index contributed by atoms with van der Waals surface area (Å²) in [6.45, 7) is 1.73. The Morgan fingerprint density at radius 2 is 1.88 bits per heavy atom. The van der Waals surface area contributed by atoms with E-state index in [4.69, 9.17) is 0 Å². The van der Waals surface area contributed by atoms with Crippen molar-refractivity contribution in [2.45, 2.75) is 13.3 Å². The number of aromatic hydroxyl groups is 1. The van der Waals surface area contributed by atoms with E-state index < -0.39 is 11.5 Å². The highest BCUT2D eigenvalue weighted by Gasteiger charge is 2.15. The first-order valence-electron chi connectivity index (χ1n) is 7.79. The van der Waals surface area contributed by atoms with Crippen LogP contribution >= 0.6 is 0 Å². The summed E-state index contributed by atoms with van der Waals surface area (Å²) < 4.78 is 0. The third kappa shape index (κ3) is 3.28. The molecule has 0 saturated heterocycles. The van der Waals surface area contributed by atoms with Gasteiger partial charge in [-0.2, -0.15) is 0 Å². The van der Waals surface area contributed by atoms with Gasteiger partial charge in [-0.15, -0.1) is 0 Å². The predicted octanol–water partition coefficient (Wildman–Crippen LogP) is 3.08. The van der Waals surface area contributed by atoms with E-state index in [0.717, 1.165) is 0 Å². The minimum absolute atomic E-state index is 0.0999. The van der Waals surface area contributed by atoms with Gasteiger partial charge in [0.2, 0.25) is 5.56 Å². The topological polar surface area (TPSA) is 99.3 Å². The standard InChI is InChI=1S/C19H16N2O4/c1-2-16(22)11-7-8-17(23)15(9-11)21-19(25)13-10-18(24)20-14-6-4-3-5-12(13)14/h3-10,23H,2H2,1H3,(H,20,24)(H,21,25). The summed E-state index contributed by atoms with van der Waals surface area (Å²) in [5, 5.41) is 13.1. The van der Waals surface area contributed by atoms with Gasteiger partial charge >= 0.3 is 0 Å². The minimum atomic E-state index is -0.543. The van der Waals surface area contributed by atoms with Crippen LogP contribution in [-0.2, 0) is 0 Å². The monoisotopic (exact) mass is 336 g/mol. The molecule has 6 nitrogen and oxygen atoms in total. The van der Waals surface area contributed by atoms with Crippen LogP contribution in [-0.4, -0.2) is 21.8 Å². The van der Waals surface area contributed by atoms with E-state index in [-0.39, 0.29) is 22.8 Å². The quantitative estimate of drug-likeness (QED) is 0.503. The van der Waals surface area contributed by atoms with E-state index >= 15 is 0 Å². The molecular formula is C19H16N2O4. The van der Waals surface area contributed by atoms with Crippen LogP contribution in [0.2, 0.25) is 0 Å². The van der Waals surface area contributed by atoms with Gasteiger partial charge in [-0.05, 0) is 24.3 Å². The number of Topliss-reactive ketones (excluding diaryl/α,β-unsaturated/α-hetero) is 1. The predicted molar refractivity (Wildman–Crippen MR) is 95.3 cm³/mol. The number of hydrogen-bond acceptors (Lipinski definition) is 4. The first-order valence-corrected chi connectivity index (χ1v) is 7.79. The van der Waals surface area contributed by atoms with Crippen LogP contribution in [0.5, 0.6) is 5.75 Å². The maximum atomic E-state index is 12.6. The van der Waals surface area contributed by atoms with Crippen LogP contribution in [0.15, 0.2) is 53.3 Å². The van der Waals surface area contributed by atoms with Gasteiger partial charge in [0.1, 0.15) is 5.75 Å². The van der Waals surface area contributed by atoms with Crippen LogP contribution in [0.3, 0.4) is 0 Å². The second kappa shape index (κ2) is 6.60. The number of amides is 1. The molecule has 25 heavy (non-hydrogen) atoms. The van der Waals surface area contributed by atoms with Crippen molar-refractivity contribution in [3.63, 3.8) is 0 Å². The number of phenolic OH excluding ortho intramolecular Hbond substituents is 1. The van der Waals surface area contributed by atoms with Crippen LogP contribution in [0.1, 0.15) is 34.1 Å². The molecule has 0 bridgehead atoms. The number of aromatic amines is 1. The number of rotatable bonds is 4. The third-order valence-electron chi connectivity index (χ3n) is 3.88. The number of benzene rings is 2. The van der Waals surface area contributed by atoms with Crippen LogP contribution in [0, 0.1) is 0 Å². The molecule has 0 saturated carbocycles. The minimum Gasteiger partial charge on any atom is -0.506 e. The molecule has 3 aromatic rings. The summed E-state index contributed by atoms with van der Waals surface area (Å²) in [5.74, 6) is -0.800. The lowest BCUT2D eigenvalue weighted by molar-refractivity contribution is 0.0985. The van der Waals surface area contributed by atoms with Crippen LogP contribution in [0.4, 0.5) is 5.69 Å². The van der Waals surface area contributed by atoms with Gasteiger partial charge < -0.3 is 15.4 Å². The number of H-pyrrole nitrogens is 1. The molecule has 0 fully saturated rings. The molecule has 0 spiro atoms. The van der Waals surface area contributed by atoms with Gasteiger partial charge in [0.05, 0.1) is 11.3 Å². The van der Waals surface area contributed by atoms with Crippen molar-refractivity contribution >= 4 is 28.3 Å². The lowest BCUT2D eigenvalue weighted by Gasteiger charge is -2.10.